The lowest BCUT2D eigenvalue weighted by molar-refractivity contribution is -0.143. The van der Waals surface area contributed by atoms with Gasteiger partial charge in [0.1, 0.15) is 49.8 Å². The minimum absolute atomic E-state index is 0.00164. The standard InChI is InChI=1S/C25H31B6N3O6/c26-14-8-13(20(27)21(28)19(14)22(29)33-6-7-39-10-18(33)36)25(30,31)40-16-3-1-2-11-12(16)9-34(24(11)38)15-4-5-17(35)32-23(15)37/h1-3,8,15,22H,4-7,9-10,26-31H2,(H,32,35,37). The summed E-state index contributed by atoms with van der Waals surface area (Å²) in [5, 5.41) is 1.61. The molecule has 2 aromatic rings. The van der Waals surface area contributed by atoms with Gasteiger partial charge in [-0.15, -0.1) is 0 Å². The van der Waals surface area contributed by atoms with Crippen molar-refractivity contribution in [3.8, 4) is 5.75 Å². The van der Waals surface area contributed by atoms with Gasteiger partial charge in [0.2, 0.25) is 17.7 Å². The Morgan fingerprint density at radius 1 is 1.10 bits per heavy atom. The summed E-state index contributed by atoms with van der Waals surface area (Å²) < 4.78 is 12.0. The molecular weight excluding hydrogens is 503 g/mol. The molecule has 2 fully saturated rings. The van der Waals surface area contributed by atoms with E-state index in [4.69, 9.17) is 9.47 Å². The molecule has 1 N–H and O–H groups in total. The molecule has 0 radical (unpaired) electrons. The highest BCUT2D eigenvalue weighted by molar-refractivity contribution is 6.54. The molecule has 9 nitrogen and oxygen atoms in total. The van der Waals surface area contributed by atoms with E-state index in [9.17, 15) is 19.2 Å². The lowest BCUT2D eigenvalue weighted by Gasteiger charge is -2.37. The molecule has 0 bridgehead atoms. The molecule has 3 aliphatic heterocycles. The molecule has 3 aliphatic rings. The van der Waals surface area contributed by atoms with E-state index < -0.39 is 17.3 Å². The van der Waals surface area contributed by atoms with E-state index in [1.54, 1.807) is 12.1 Å². The Morgan fingerprint density at radius 2 is 1.85 bits per heavy atom. The lowest BCUT2D eigenvalue weighted by Crippen LogP contribution is -2.52. The van der Waals surface area contributed by atoms with Gasteiger partial charge >= 0.3 is 0 Å². The van der Waals surface area contributed by atoms with Crippen molar-refractivity contribution in [2.75, 3.05) is 19.8 Å². The maximum absolute atomic E-state index is 13.3. The normalized spacial score (nSPS) is 20.4. The number of hydrogen-bond acceptors (Lipinski definition) is 6. The van der Waals surface area contributed by atoms with Crippen LogP contribution >= 0.6 is 0 Å². The number of morpholine rings is 1. The number of piperidine rings is 1. The van der Waals surface area contributed by atoms with E-state index in [1.165, 1.54) is 4.90 Å². The first-order chi connectivity index (χ1) is 18.9. The predicted octanol–water partition coefficient (Wildman–Crippen LogP) is -6.83. The average Bonchev–Trinajstić information content (AvgIpc) is 3.23. The van der Waals surface area contributed by atoms with Crippen LogP contribution < -0.4 is 26.4 Å². The Balaban J connectivity index is 1.43. The van der Waals surface area contributed by atoms with Crippen molar-refractivity contribution in [1.82, 2.24) is 15.1 Å². The Hall–Kier alpha value is -3.33. The lowest BCUT2D eigenvalue weighted by atomic mass is 9.55. The molecule has 0 spiro atoms. The fourth-order valence-corrected chi connectivity index (χ4v) is 6.45. The molecule has 2 saturated heterocycles. The molecule has 200 valence electrons. The van der Waals surface area contributed by atoms with Gasteiger partial charge in [-0.3, -0.25) is 24.5 Å². The van der Waals surface area contributed by atoms with Gasteiger partial charge in [0.25, 0.3) is 5.91 Å². The number of benzene rings is 2. The molecular formula is C25H31B6N3O6. The number of carbonyl (C=O) groups is 4. The Bertz CT molecular complexity index is 1440. The number of ether oxygens (including phenoxy) is 2. The highest BCUT2D eigenvalue weighted by Crippen LogP contribution is 2.35. The van der Waals surface area contributed by atoms with Crippen LogP contribution in [0.3, 0.4) is 0 Å². The van der Waals surface area contributed by atoms with Crippen molar-refractivity contribution in [3.05, 3.63) is 46.5 Å². The van der Waals surface area contributed by atoms with Crippen molar-refractivity contribution in [2.45, 2.75) is 36.8 Å². The first-order valence-electron chi connectivity index (χ1n) is 13.8. The van der Waals surface area contributed by atoms with Crippen molar-refractivity contribution in [3.63, 3.8) is 0 Å². The number of rotatable bonds is 6. The van der Waals surface area contributed by atoms with Gasteiger partial charge in [-0.05, 0) is 29.7 Å². The van der Waals surface area contributed by atoms with E-state index in [-0.39, 0.29) is 43.2 Å². The number of hydrogen-bond donors (Lipinski definition) is 1. The SMILES string of the molecule is Bc1cc(C(B)(B)Oc2cccc3c2CN(C2CCC(=O)NC2=O)C3=O)c(B)c(B)c1C(B)N1CCOCC1=O. The van der Waals surface area contributed by atoms with E-state index in [2.05, 4.69) is 42.8 Å². The van der Waals surface area contributed by atoms with Gasteiger partial charge in [0.05, 0.1) is 18.6 Å². The number of amides is 4. The highest BCUT2D eigenvalue weighted by Gasteiger charge is 2.41. The van der Waals surface area contributed by atoms with Crippen LogP contribution in [-0.4, -0.2) is 106 Å². The molecule has 2 unspecified atom stereocenters. The van der Waals surface area contributed by atoms with Crippen LogP contribution in [0.4, 0.5) is 0 Å². The summed E-state index contributed by atoms with van der Waals surface area (Å²) in [6.45, 7) is 1.47. The summed E-state index contributed by atoms with van der Waals surface area (Å²) in [5.41, 5.74) is 6.71. The molecule has 0 aromatic heterocycles. The molecule has 0 aliphatic carbocycles. The maximum Gasteiger partial charge on any atom is 0.255 e. The third-order valence-electron chi connectivity index (χ3n) is 8.62. The summed E-state index contributed by atoms with van der Waals surface area (Å²) in [7, 11) is 12.3. The van der Waals surface area contributed by atoms with Crippen molar-refractivity contribution in [2.24, 2.45) is 0 Å². The topological polar surface area (TPSA) is 105 Å². The zero-order valence-corrected chi connectivity index (χ0v) is 24.1. The van der Waals surface area contributed by atoms with Crippen molar-refractivity contribution < 1.29 is 28.7 Å². The molecule has 2 atom stereocenters. The van der Waals surface area contributed by atoms with E-state index in [1.807, 2.05) is 26.7 Å². The molecule has 2 aromatic carbocycles. The van der Waals surface area contributed by atoms with Crippen LogP contribution in [0, 0.1) is 0 Å². The number of nitrogens with one attached hydrogen (secondary N) is 1. The molecule has 15 heteroatoms. The summed E-state index contributed by atoms with van der Waals surface area (Å²) >= 11 is 0. The van der Waals surface area contributed by atoms with Gasteiger partial charge in [-0.2, -0.15) is 0 Å². The number of imide groups is 1. The van der Waals surface area contributed by atoms with Gasteiger partial charge in [0, 0.05) is 30.0 Å². The minimum Gasteiger partial charge on any atom is -0.501 e. The van der Waals surface area contributed by atoms with Crippen LogP contribution in [0.1, 0.15) is 45.8 Å². The summed E-state index contributed by atoms with van der Waals surface area (Å²) in [5.74, 6) is -0.455. The van der Waals surface area contributed by atoms with Crippen LogP contribution in [-0.2, 0) is 31.1 Å². The second-order valence-electron chi connectivity index (χ2n) is 11.5. The maximum atomic E-state index is 13.3. The fourth-order valence-electron chi connectivity index (χ4n) is 6.45. The summed E-state index contributed by atoms with van der Waals surface area (Å²) in [6, 6.07) is 6.87. The number of nitrogens with zero attached hydrogens (tertiary/aromatic N) is 2. The molecule has 5 rings (SSSR count). The smallest absolute Gasteiger partial charge is 0.255 e. The van der Waals surface area contributed by atoms with E-state index in [0.717, 1.165) is 33.1 Å². The van der Waals surface area contributed by atoms with Crippen molar-refractivity contribution >= 4 is 87.1 Å². The van der Waals surface area contributed by atoms with Gasteiger partial charge < -0.3 is 19.3 Å². The zero-order chi connectivity index (χ0) is 28.9. The highest BCUT2D eigenvalue weighted by atomic mass is 16.5. The Kier molecular flexibility index (Phi) is 7.46. The van der Waals surface area contributed by atoms with Crippen LogP contribution in [0.15, 0.2) is 24.3 Å². The third kappa shape index (κ3) is 4.89. The largest absolute Gasteiger partial charge is 0.501 e. The first-order valence-corrected chi connectivity index (χ1v) is 13.8. The predicted molar refractivity (Wildman–Crippen MR) is 167 cm³/mol. The minimum atomic E-state index is -0.740. The summed E-state index contributed by atoms with van der Waals surface area (Å²) in [6.07, 6.45) is 0.518. The Morgan fingerprint density at radius 3 is 2.55 bits per heavy atom. The second-order valence-corrected chi connectivity index (χ2v) is 11.5. The number of fused-ring (bicyclic) bond motifs is 1. The monoisotopic (exact) mass is 535 g/mol. The Labute approximate surface area is 239 Å². The molecule has 4 amide bonds. The zero-order valence-electron chi connectivity index (χ0n) is 24.1. The first kappa shape index (κ1) is 28.2. The number of carbonyl (C=O) groups excluding carboxylic acids is 4. The van der Waals surface area contributed by atoms with E-state index in [0.29, 0.717) is 30.9 Å². The van der Waals surface area contributed by atoms with E-state index >= 15 is 0 Å². The third-order valence-corrected chi connectivity index (χ3v) is 8.62. The van der Waals surface area contributed by atoms with Crippen LogP contribution in [0.25, 0.3) is 0 Å². The molecule has 3 heterocycles. The molecule has 40 heavy (non-hydrogen) atoms. The molecule has 0 saturated carbocycles. The second kappa shape index (κ2) is 10.6. The van der Waals surface area contributed by atoms with Crippen LogP contribution in [0.2, 0.25) is 0 Å². The van der Waals surface area contributed by atoms with Gasteiger partial charge in [-0.25, -0.2) is 0 Å². The average molecular weight is 534 g/mol. The fraction of sp³-hybridized carbons (Fsp3) is 0.360. The van der Waals surface area contributed by atoms with Gasteiger partial charge in [-0.1, -0.05) is 28.5 Å². The van der Waals surface area contributed by atoms with Gasteiger partial charge in [0.15, 0.2) is 15.7 Å². The van der Waals surface area contributed by atoms with Crippen LogP contribution in [0.5, 0.6) is 5.75 Å². The summed E-state index contributed by atoms with van der Waals surface area (Å²) in [4.78, 5) is 53.4. The van der Waals surface area contributed by atoms with Crippen molar-refractivity contribution in [1.29, 1.82) is 0 Å². The quantitative estimate of drug-likeness (QED) is 0.292.